The molecule has 0 saturated carbocycles. The summed E-state index contributed by atoms with van der Waals surface area (Å²) < 4.78 is 5.42. The normalized spacial score (nSPS) is 20.4. The van der Waals surface area contributed by atoms with E-state index in [0.29, 0.717) is 22.4 Å². The van der Waals surface area contributed by atoms with E-state index in [-0.39, 0.29) is 11.5 Å². The molecule has 1 aliphatic rings. The Kier molecular flexibility index (Phi) is 4.26. The van der Waals surface area contributed by atoms with Crippen LogP contribution in [-0.2, 0) is 11.3 Å². The molecule has 0 fully saturated rings. The second kappa shape index (κ2) is 5.59. The number of rotatable bonds is 4. The molecule has 1 aromatic rings. The van der Waals surface area contributed by atoms with Crippen LogP contribution in [0.3, 0.4) is 0 Å². The van der Waals surface area contributed by atoms with Gasteiger partial charge in [0.2, 0.25) is 0 Å². The zero-order valence-electron chi connectivity index (χ0n) is 11.2. The van der Waals surface area contributed by atoms with Gasteiger partial charge in [0.15, 0.2) is 0 Å². The quantitative estimate of drug-likeness (QED) is 0.828. The highest BCUT2D eigenvalue weighted by molar-refractivity contribution is 6.34. The van der Waals surface area contributed by atoms with Gasteiger partial charge in [-0.25, -0.2) is 0 Å². The maximum Gasteiger partial charge on any atom is 0.140 e. The Morgan fingerprint density at radius 1 is 1.32 bits per heavy atom. The van der Waals surface area contributed by atoms with E-state index in [2.05, 4.69) is 5.16 Å². The topological polar surface area (TPSA) is 30.8 Å². The summed E-state index contributed by atoms with van der Waals surface area (Å²) in [5, 5.41) is 5.12. The van der Waals surface area contributed by atoms with Gasteiger partial charge in [0.1, 0.15) is 11.4 Å². The second-order valence-electron chi connectivity index (χ2n) is 5.07. The summed E-state index contributed by atoms with van der Waals surface area (Å²) in [5.74, 6) is 0.799. The molecule has 1 atom stereocenters. The second-order valence-corrected chi connectivity index (χ2v) is 5.88. The third-order valence-electron chi connectivity index (χ3n) is 3.26. The molecule has 0 saturated heterocycles. The van der Waals surface area contributed by atoms with E-state index in [0.717, 1.165) is 12.0 Å². The fraction of sp³-hybridized carbons (Fsp3) is 0.500. The van der Waals surface area contributed by atoms with Crippen molar-refractivity contribution in [2.24, 2.45) is 11.1 Å². The Labute approximate surface area is 123 Å². The molecule has 19 heavy (non-hydrogen) atoms. The average molecular weight is 302 g/mol. The number of oxime groups is 1. The molecule has 0 N–H and O–H groups in total. The SMILES string of the molecule is CCOc1cc(Cl)c(CC2C=NOC2(C)C)cc1Cl. The van der Waals surface area contributed by atoms with Gasteiger partial charge in [-0.1, -0.05) is 28.4 Å². The number of hydrogen-bond donors (Lipinski definition) is 0. The maximum atomic E-state index is 6.28. The molecule has 3 nitrogen and oxygen atoms in total. The predicted molar refractivity (Wildman–Crippen MR) is 78.5 cm³/mol. The van der Waals surface area contributed by atoms with Crippen molar-refractivity contribution in [1.82, 2.24) is 0 Å². The first kappa shape index (κ1) is 14.5. The van der Waals surface area contributed by atoms with Crippen molar-refractivity contribution >= 4 is 29.4 Å². The zero-order chi connectivity index (χ0) is 14.0. The van der Waals surface area contributed by atoms with Crippen LogP contribution in [0.1, 0.15) is 26.3 Å². The molecule has 2 rings (SSSR count). The van der Waals surface area contributed by atoms with Gasteiger partial charge in [0.25, 0.3) is 0 Å². The molecule has 5 heteroatoms. The van der Waals surface area contributed by atoms with Gasteiger partial charge in [-0.3, -0.25) is 0 Å². The first-order valence-electron chi connectivity index (χ1n) is 6.26. The lowest BCUT2D eigenvalue weighted by Crippen LogP contribution is -2.30. The third-order valence-corrected chi connectivity index (χ3v) is 3.91. The van der Waals surface area contributed by atoms with Crippen molar-refractivity contribution in [2.75, 3.05) is 6.61 Å². The Bertz CT molecular complexity index is 500. The van der Waals surface area contributed by atoms with Gasteiger partial charge < -0.3 is 9.57 Å². The summed E-state index contributed by atoms with van der Waals surface area (Å²) in [4.78, 5) is 5.33. The van der Waals surface area contributed by atoms with Crippen LogP contribution < -0.4 is 4.74 Å². The minimum atomic E-state index is -0.311. The molecule has 104 valence electrons. The molecule has 0 radical (unpaired) electrons. The number of benzene rings is 1. The van der Waals surface area contributed by atoms with Crippen LogP contribution >= 0.6 is 23.2 Å². The first-order valence-corrected chi connectivity index (χ1v) is 7.02. The van der Waals surface area contributed by atoms with Crippen LogP contribution in [0.5, 0.6) is 5.75 Å². The summed E-state index contributed by atoms with van der Waals surface area (Å²) in [7, 11) is 0. The smallest absolute Gasteiger partial charge is 0.140 e. The van der Waals surface area contributed by atoms with Crippen LogP contribution in [0.25, 0.3) is 0 Å². The third kappa shape index (κ3) is 3.15. The molecule has 1 unspecified atom stereocenters. The Morgan fingerprint density at radius 3 is 2.63 bits per heavy atom. The summed E-state index contributed by atoms with van der Waals surface area (Å²) >= 11 is 12.5. The summed E-state index contributed by atoms with van der Waals surface area (Å²) in [6.07, 6.45) is 2.56. The average Bonchev–Trinajstić information content (AvgIpc) is 2.65. The summed E-state index contributed by atoms with van der Waals surface area (Å²) in [6, 6.07) is 3.62. The number of hydrogen-bond acceptors (Lipinski definition) is 3. The molecule has 1 heterocycles. The van der Waals surface area contributed by atoms with E-state index >= 15 is 0 Å². The Hall–Kier alpha value is -0.930. The molecule has 0 amide bonds. The fourth-order valence-electron chi connectivity index (χ4n) is 2.01. The van der Waals surface area contributed by atoms with Crippen molar-refractivity contribution in [3.63, 3.8) is 0 Å². The van der Waals surface area contributed by atoms with Gasteiger partial charge in [-0.05, 0) is 38.8 Å². The monoisotopic (exact) mass is 301 g/mol. The van der Waals surface area contributed by atoms with E-state index < -0.39 is 0 Å². The lowest BCUT2D eigenvalue weighted by Gasteiger charge is -2.23. The number of ether oxygens (including phenoxy) is 1. The van der Waals surface area contributed by atoms with E-state index in [1.165, 1.54) is 0 Å². The molecule has 0 aromatic heterocycles. The highest BCUT2D eigenvalue weighted by Gasteiger charge is 2.35. The van der Waals surface area contributed by atoms with Gasteiger partial charge in [0.05, 0.1) is 17.8 Å². The fourth-order valence-corrected chi connectivity index (χ4v) is 2.49. The molecular weight excluding hydrogens is 285 g/mol. The van der Waals surface area contributed by atoms with Crippen molar-refractivity contribution < 1.29 is 9.57 Å². The van der Waals surface area contributed by atoms with E-state index in [4.69, 9.17) is 32.8 Å². The van der Waals surface area contributed by atoms with Gasteiger partial charge in [-0.2, -0.15) is 0 Å². The molecule has 0 spiro atoms. The van der Waals surface area contributed by atoms with Crippen LogP contribution in [0.15, 0.2) is 17.3 Å². The van der Waals surface area contributed by atoms with E-state index in [1.54, 1.807) is 6.07 Å². The van der Waals surface area contributed by atoms with Crippen molar-refractivity contribution in [3.05, 3.63) is 27.7 Å². The highest BCUT2D eigenvalue weighted by atomic mass is 35.5. The van der Waals surface area contributed by atoms with Gasteiger partial charge in [-0.15, -0.1) is 0 Å². The molecule has 0 bridgehead atoms. The summed E-state index contributed by atoms with van der Waals surface area (Å²) in [6.45, 7) is 6.49. The van der Waals surface area contributed by atoms with E-state index in [9.17, 15) is 0 Å². The van der Waals surface area contributed by atoms with Crippen LogP contribution in [0.4, 0.5) is 0 Å². The molecular formula is C14H17Cl2NO2. The largest absolute Gasteiger partial charge is 0.492 e. The van der Waals surface area contributed by atoms with Gasteiger partial charge in [0, 0.05) is 17.0 Å². The van der Waals surface area contributed by atoms with Crippen molar-refractivity contribution in [1.29, 1.82) is 0 Å². The zero-order valence-corrected chi connectivity index (χ0v) is 12.8. The Morgan fingerprint density at radius 2 is 2.05 bits per heavy atom. The molecule has 1 aromatic carbocycles. The maximum absolute atomic E-state index is 6.28. The van der Waals surface area contributed by atoms with Gasteiger partial charge >= 0.3 is 0 Å². The van der Waals surface area contributed by atoms with Crippen LogP contribution in [0, 0.1) is 5.92 Å². The number of nitrogens with zero attached hydrogens (tertiary/aromatic N) is 1. The minimum Gasteiger partial charge on any atom is -0.492 e. The van der Waals surface area contributed by atoms with Crippen molar-refractivity contribution in [3.8, 4) is 5.75 Å². The standard InChI is InChI=1S/C14H17Cl2NO2/c1-4-18-13-7-11(15)9(6-12(13)16)5-10-8-17-19-14(10,2)3/h6-8,10H,4-5H2,1-3H3. The molecule has 1 aliphatic heterocycles. The predicted octanol–water partition coefficient (Wildman–Crippen LogP) is 4.35. The first-order chi connectivity index (χ1) is 8.94. The lowest BCUT2D eigenvalue weighted by atomic mass is 9.87. The van der Waals surface area contributed by atoms with Crippen LogP contribution in [-0.4, -0.2) is 18.4 Å². The minimum absolute atomic E-state index is 0.180. The summed E-state index contributed by atoms with van der Waals surface area (Å²) in [5.41, 5.74) is 0.666. The molecule has 0 aliphatic carbocycles. The lowest BCUT2D eigenvalue weighted by molar-refractivity contribution is -0.0141. The van der Waals surface area contributed by atoms with E-state index in [1.807, 2.05) is 33.1 Å². The van der Waals surface area contributed by atoms with Crippen molar-refractivity contribution in [2.45, 2.75) is 32.8 Å². The highest BCUT2D eigenvalue weighted by Crippen LogP contribution is 2.35. The Balaban J connectivity index is 2.22. The number of halogens is 2. The van der Waals surface area contributed by atoms with Crippen LogP contribution in [0.2, 0.25) is 10.0 Å².